The van der Waals surface area contributed by atoms with Crippen LogP contribution < -0.4 is 5.32 Å². The van der Waals surface area contributed by atoms with Crippen LogP contribution in [-0.4, -0.2) is 33.2 Å². The number of amides is 1. The molecule has 8 nitrogen and oxygen atoms in total. The Labute approximate surface area is 188 Å². The SMILES string of the molecule is CC(=O)OC(C)C(=O)Nc1ccc(-c2[nH]ncc2-c2nc3cc4ccccc4cc3o2)cc1. The van der Waals surface area contributed by atoms with Crippen molar-refractivity contribution in [3.63, 3.8) is 0 Å². The maximum Gasteiger partial charge on any atom is 0.303 e. The Balaban J connectivity index is 1.41. The highest BCUT2D eigenvalue weighted by Crippen LogP contribution is 2.33. The molecule has 0 radical (unpaired) electrons. The molecule has 164 valence electrons. The van der Waals surface area contributed by atoms with Gasteiger partial charge in [0.2, 0.25) is 5.89 Å². The molecule has 0 saturated carbocycles. The number of ether oxygens (including phenoxy) is 1. The number of benzene rings is 3. The fourth-order valence-electron chi connectivity index (χ4n) is 3.66. The Hall–Kier alpha value is -4.46. The summed E-state index contributed by atoms with van der Waals surface area (Å²) in [6, 6.07) is 19.3. The zero-order chi connectivity index (χ0) is 22.9. The summed E-state index contributed by atoms with van der Waals surface area (Å²) in [5.41, 5.74) is 4.39. The van der Waals surface area contributed by atoms with E-state index in [0.29, 0.717) is 17.2 Å². The Morgan fingerprint density at radius 2 is 1.79 bits per heavy atom. The maximum atomic E-state index is 12.1. The van der Waals surface area contributed by atoms with Crippen LogP contribution in [0.2, 0.25) is 0 Å². The summed E-state index contributed by atoms with van der Waals surface area (Å²) in [6.07, 6.45) is 0.799. The van der Waals surface area contributed by atoms with Gasteiger partial charge < -0.3 is 14.5 Å². The predicted octanol–water partition coefficient (Wildman–Crippen LogP) is 4.93. The molecule has 1 atom stereocenters. The summed E-state index contributed by atoms with van der Waals surface area (Å²) < 4.78 is 10.9. The molecular weight excluding hydrogens is 420 g/mol. The standard InChI is InChI=1S/C25H20N4O4/c1-14(32-15(2)30)24(31)27-19-9-7-16(8-10-19)23-20(13-26-29-23)25-28-21-11-17-5-3-4-6-18(17)12-22(21)33-25/h3-14H,1-2H3,(H,26,29)(H,27,31). The van der Waals surface area contributed by atoms with Gasteiger partial charge in [-0.05, 0) is 42.0 Å². The van der Waals surface area contributed by atoms with E-state index in [0.717, 1.165) is 33.1 Å². The predicted molar refractivity (Wildman–Crippen MR) is 124 cm³/mol. The topological polar surface area (TPSA) is 110 Å². The highest BCUT2D eigenvalue weighted by atomic mass is 16.5. The largest absolute Gasteiger partial charge is 0.453 e. The minimum absolute atomic E-state index is 0.404. The molecule has 1 amide bonds. The zero-order valence-corrected chi connectivity index (χ0v) is 18.0. The lowest BCUT2D eigenvalue weighted by atomic mass is 10.1. The molecule has 0 bridgehead atoms. The van der Waals surface area contributed by atoms with Crippen molar-refractivity contribution >= 4 is 39.4 Å². The number of aromatic amines is 1. The van der Waals surface area contributed by atoms with Crippen LogP contribution in [0.1, 0.15) is 13.8 Å². The van der Waals surface area contributed by atoms with Gasteiger partial charge in [0.25, 0.3) is 5.91 Å². The number of H-pyrrole nitrogens is 1. The highest BCUT2D eigenvalue weighted by molar-refractivity contribution is 5.96. The fraction of sp³-hybridized carbons (Fsp3) is 0.120. The van der Waals surface area contributed by atoms with Gasteiger partial charge in [0, 0.05) is 18.2 Å². The van der Waals surface area contributed by atoms with Gasteiger partial charge in [-0.2, -0.15) is 5.10 Å². The molecule has 2 heterocycles. The molecule has 0 aliphatic rings. The van der Waals surface area contributed by atoms with Gasteiger partial charge in [-0.1, -0.05) is 36.4 Å². The van der Waals surface area contributed by atoms with E-state index in [1.807, 2.05) is 48.5 Å². The molecule has 5 aromatic rings. The van der Waals surface area contributed by atoms with Crippen LogP contribution in [0.15, 0.2) is 71.3 Å². The summed E-state index contributed by atoms with van der Waals surface area (Å²) in [6.45, 7) is 2.78. The van der Waals surface area contributed by atoms with Crippen molar-refractivity contribution in [3.05, 3.63) is 66.9 Å². The average Bonchev–Trinajstić information content (AvgIpc) is 3.44. The molecule has 0 saturated heterocycles. The van der Waals surface area contributed by atoms with E-state index >= 15 is 0 Å². The van der Waals surface area contributed by atoms with E-state index in [1.165, 1.54) is 13.8 Å². The Kier molecular flexibility index (Phi) is 5.10. The van der Waals surface area contributed by atoms with Crippen molar-refractivity contribution in [1.82, 2.24) is 15.2 Å². The number of oxazole rings is 1. The van der Waals surface area contributed by atoms with Gasteiger partial charge in [0.15, 0.2) is 11.7 Å². The second-order valence-electron chi connectivity index (χ2n) is 7.66. The molecule has 8 heteroatoms. The monoisotopic (exact) mass is 440 g/mol. The molecule has 2 aromatic heterocycles. The van der Waals surface area contributed by atoms with Crippen molar-refractivity contribution in [1.29, 1.82) is 0 Å². The molecule has 3 aromatic carbocycles. The summed E-state index contributed by atoms with van der Waals surface area (Å²) in [4.78, 5) is 27.8. The first-order valence-electron chi connectivity index (χ1n) is 10.4. The number of fused-ring (bicyclic) bond motifs is 2. The van der Waals surface area contributed by atoms with E-state index in [2.05, 4.69) is 20.5 Å². The molecule has 1 unspecified atom stereocenters. The number of nitrogens with zero attached hydrogens (tertiary/aromatic N) is 2. The maximum absolute atomic E-state index is 12.1. The third kappa shape index (κ3) is 4.06. The number of esters is 1. The minimum atomic E-state index is -0.878. The van der Waals surface area contributed by atoms with Crippen LogP contribution in [0, 0.1) is 0 Å². The summed E-state index contributed by atoms with van der Waals surface area (Å²) in [5.74, 6) is -0.442. The minimum Gasteiger partial charge on any atom is -0.453 e. The third-order valence-electron chi connectivity index (χ3n) is 5.28. The molecular formula is C25H20N4O4. The Morgan fingerprint density at radius 3 is 2.52 bits per heavy atom. The van der Waals surface area contributed by atoms with E-state index < -0.39 is 18.0 Å². The Bertz CT molecular complexity index is 1430. The number of nitrogens with one attached hydrogen (secondary N) is 2. The van der Waals surface area contributed by atoms with E-state index in [-0.39, 0.29) is 0 Å². The second kappa shape index (κ2) is 8.23. The first kappa shape index (κ1) is 20.4. The first-order valence-corrected chi connectivity index (χ1v) is 10.4. The van der Waals surface area contributed by atoms with Crippen LogP contribution in [0.4, 0.5) is 5.69 Å². The summed E-state index contributed by atoms with van der Waals surface area (Å²) >= 11 is 0. The van der Waals surface area contributed by atoms with Crippen LogP contribution >= 0.6 is 0 Å². The fourth-order valence-corrected chi connectivity index (χ4v) is 3.66. The molecule has 0 fully saturated rings. The van der Waals surface area contributed by atoms with Gasteiger partial charge in [0.05, 0.1) is 17.5 Å². The third-order valence-corrected chi connectivity index (χ3v) is 5.28. The van der Waals surface area contributed by atoms with Gasteiger partial charge in [-0.25, -0.2) is 4.98 Å². The van der Waals surface area contributed by atoms with Crippen molar-refractivity contribution < 1.29 is 18.7 Å². The molecule has 2 N–H and O–H groups in total. The van der Waals surface area contributed by atoms with Gasteiger partial charge >= 0.3 is 5.97 Å². The molecule has 0 aliphatic carbocycles. The number of carbonyl (C=O) groups excluding carboxylic acids is 2. The lowest BCUT2D eigenvalue weighted by Gasteiger charge is -2.12. The van der Waals surface area contributed by atoms with Crippen LogP contribution in [0.5, 0.6) is 0 Å². The number of hydrogen-bond acceptors (Lipinski definition) is 6. The molecule has 0 aliphatic heterocycles. The van der Waals surface area contributed by atoms with Crippen molar-refractivity contribution in [2.75, 3.05) is 5.32 Å². The van der Waals surface area contributed by atoms with Crippen LogP contribution in [0.25, 0.3) is 44.6 Å². The van der Waals surface area contributed by atoms with E-state index in [1.54, 1.807) is 18.3 Å². The van der Waals surface area contributed by atoms with Crippen molar-refractivity contribution in [3.8, 4) is 22.7 Å². The van der Waals surface area contributed by atoms with Crippen LogP contribution in [-0.2, 0) is 14.3 Å². The van der Waals surface area contributed by atoms with Crippen molar-refractivity contribution in [2.24, 2.45) is 0 Å². The molecule has 5 rings (SSSR count). The lowest BCUT2D eigenvalue weighted by Crippen LogP contribution is -2.29. The Morgan fingerprint density at radius 1 is 1.06 bits per heavy atom. The first-order chi connectivity index (χ1) is 16.0. The number of anilines is 1. The average molecular weight is 440 g/mol. The number of carbonyl (C=O) groups is 2. The summed E-state index contributed by atoms with van der Waals surface area (Å²) in [7, 11) is 0. The van der Waals surface area contributed by atoms with Gasteiger partial charge in [-0.15, -0.1) is 0 Å². The number of hydrogen-bond donors (Lipinski definition) is 2. The highest BCUT2D eigenvalue weighted by Gasteiger charge is 2.18. The number of rotatable bonds is 5. The molecule has 0 spiro atoms. The quantitative estimate of drug-likeness (QED) is 0.375. The van der Waals surface area contributed by atoms with Gasteiger partial charge in [0.1, 0.15) is 5.52 Å². The van der Waals surface area contributed by atoms with Crippen LogP contribution in [0.3, 0.4) is 0 Å². The van der Waals surface area contributed by atoms with E-state index in [9.17, 15) is 9.59 Å². The molecule has 33 heavy (non-hydrogen) atoms. The van der Waals surface area contributed by atoms with E-state index in [4.69, 9.17) is 9.15 Å². The smallest absolute Gasteiger partial charge is 0.303 e. The summed E-state index contributed by atoms with van der Waals surface area (Å²) in [5, 5.41) is 12.1. The zero-order valence-electron chi connectivity index (χ0n) is 18.0. The normalized spacial score (nSPS) is 12.1. The van der Waals surface area contributed by atoms with Gasteiger partial charge in [-0.3, -0.25) is 14.7 Å². The van der Waals surface area contributed by atoms with Crippen molar-refractivity contribution in [2.45, 2.75) is 20.0 Å². The lowest BCUT2D eigenvalue weighted by molar-refractivity contribution is -0.150. The second-order valence-corrected chi connectivity index (χ2v) is 7.66. The number of aromatic nitrogens is 3.